The first-order valence-corrected chi connectivity index (χ1v) is 9.64. The Labute approximate surface area is 163 Å². The lowest BCUT2D eigenvalue weighted by Gasteiger charge is -2.34. The number of aliphatic hydroxyl groups is 1. The molecular weight excluding hydrogens is 358 g/mol. The lowest BCUT2D eigenvalue weighted by atomic mass is 9.70. The van der Waals surface area contributed by atoms with Crippen LogP contribution in [0.4, 0.5) is 5.13 Å². The van der Waals surface area contributed by atoms with Gasteiger partial charge in [-0.1, -0.05) is 73.7 Å². The normalized spacial score (nSPS) is 12.6. The standard InChI is InChI=1S/C21H23N3O2S/c1-14-11-16(9-10-17(14)12-25)18(15-7-5-4-6-8-15)21(2,3)19(26)23-20-24-22-13-27-20/h4-11,13,18,25H,12H2,1-3H3,(H,23,24,26). The van der Waals surface area contributed by atoms with Crippen molar-refractivity contribution >= 4 is 22.4 Å². The molecule has 0 bridgehead atoms. The van der Waals surface area contributed by atoms with Gasteiger partial charge in [-0.15, -0.1) is 10.2 Å². The van der Waals surface area contributed by atoms with Gasteiger partial charge in [0.15, 0.2) is 0 Å². The maximum Gasteiger partial charge on any atom is 0.232 e. The lowest BCUT2D eigenvalue weighted by molar-refractivity contribution is -0.124. The van der Waals surface area contributed by atoms with Gasteiger partial charge in [0.1, 0.15) is 5.51 Å². The summed E-state index contributed by atoms with van der Waals surface area (Å²) in [5.41, 5.74) is 4.85. The molecule has 0 spiro atoms. The summed E-state index contributed by atoms with van der Waals surface area (Å²) >= 11 is 1.30. The summed E-state index contributed by atoms with van der Waals surface area (Å²) in [6, 6.07) is 16.0. The number of rotatable bonds is 6. The smallest absolute Gasteiger partial charge is 0.232 e. The van der Waals surface area contributed by atoms with E-state index in [9.17, 15) is 9.90 Å². The van der Waals surface area contributed by atoms with Gasteiger partial charge >= 0.3 is 0 Å². The van der Waals surface area contributed by atoms with Crippen LogP contribution in [0.1, 0.15) is 42.0 Å². The van der Waals surface area contributed by atoms with Crippen molar-refractivity contribution in [3.63, 3.8) is 0 Å². The summed E-state index contributed by atoms with van der Waals surface area (Å²) in [6.07, 6.45) is 0. The predicted molar refractivity (Wildman–Crippen MR) is 108 cm³/mol. The van der Waals surface area contributed by atoms with Crippen LogP contribution in [0.5, 0.6) is 0 Å². The van der Waals surface area contributed by atoms with Gasteiger partial charge in [-0.3, -0.25) is 4.79 Å². The third-order valence-electron chi connectivity index (χ3n) is 4.89. The molecule has 1 amide bonds. The van der Waals surface area contributed by atoms with Crippen molar-refractivity contribution in [1.82, 2.24) is 10.2 Å². The third-order valence-corrected chi connectivity index (χ3v) is 5.50. The number of aromatic nitrogens is 2. The molecule has 27 heavy (non-hydrogen) atoms. The zero-order chi connectivity index (χ0) is 19.4. The van der Waals surface area contributed by atoms with E-state index in [0.29, 0.717) is 5.13 Å². The third kappa shape index (κ3) is 4.07. The summed E-state index contributed by atoms with van der Waals surface area (Å²) in [6.45, 7) is 5.86. The van der Waals surface area contributed by atoms with Crippen molar-refractivity contribution in [3.05, 3.63) is 76.3 Å². The number of benzene rings is 2. The van der Waals surface area contributed by atoms with E-state index in [-0.39, 0.29) is 18.4 Å². The maximum absolute atomic E-state index is 13.1. The highest BCUT2D eigenvalue weighted by Gasteiger charge is 2.39. The van der Waals surface area contributed by atoms with E-state index in [1.54, 1.807) is 5.51 Å². The number of nitrogens with zero attached hydrogens (tertiary/aromatic N) is 2. The molecule has 1 aromatic heterocycles. The second-order valence-corrected chi connectivity index (χ2v) is 7.94. The number of nitrogens with one attached hydrogen (secondary N) is 1. The molecule has 140 valence electrons. The lowest BCUT2D eigenvalue weighted by Crippen LogP contribution is -2.37. The topological polar surface area (TPSA) is 75.1 Å². The fourth-order valence-corrected chi connectivity index (χ4v) is 3.80. The van der Waals surface area contributed by atoms with E-state index in [1.165, 1.54) is 11.3 Å². The van der Waals surface area contributed by atoms with Crippen LogP contribution >= 0.6 is 11.3 Å². The van der Waals surface area contributed by atoms with Gasteiger partial charge in [0.2, 0.25) is 11.0 Å². The Kier molecular flexibility index (Phi) is 5.68. The minimum absolute atomic E-state index is 0.00302. The fraction of sp³-hybridized carbons (Fsp3) is 0.286. The Morgan fingerprint density at radius 3 is 2.52 bits per heavy atom. The number of anilines is 1. The quantitative estimate of drug-likeness (QED) is 0.673. The summed E-state index contributed by atoms with van der Waals surface area (Å²) < 4.78 is 0. The summed E-state index contributed by atoms with van der Waals surface area (Å²) in [5, 5.41) is 20.6. The average Bonchev–Trinajstić information content (AvgIpc) is 3.16. The van der Waals surface area contributed by atoms with Crippen molar-refractivity contribution in [1.29, 1.82) is 0 Å². The molecule has 5 nitrogen and oxygen atoms in total. The number of hydrogen-bond acceptors (Lipinski definition) is 5. The van der Waals surface area contributed by atoms with Crippen LogP contribution in [0.3, 0.4) is 0 Å². The second kappa shape index (κ2) is 7.98. The highest BCUT2D eigenvalue weighted by atomic mass is 32.1. The Morgan fingerprint density at radius 1 is 1.19 bits per heavy atom. The van der Waals surface area contributed by atoms with E-state index in [0.717, 1.165) is 22.3 Å². The molecule has 3 rings (SSSR count). The van der Waals surface area contributed by atoms with Crippen LogP contribution in [-0.4, -0.2) is 21.2 Å². The Hall–Kier alpha value is -2.57. The Balaban J connectivity index is 2.04. The summed E-state index contributed by atoms with van der Waals surface area (Å²) in [7, 11) is 0. The molecule has 0 saturated carbocycles. The van der Waals surface area contributed by atoms with Gasteiger partial charge < -0.3 is 10.4 Å². The molecular formula is C21H23N3O2S. The second-order valence-electron chi connectivity index (χ2n) is 7.11. The molecule has 1 atom stereocenters. The highest BCUT2D eigenvalue weighted by molar-refractivity contribution is 7.13. The van der Waals surface area contributed by atoms with Gasteiger partial charge in [0.05, 0.1) is 12.0 Å². The molecule has 0 aliphatic carbocycles. The number of amides is 1. The van der Waals surface area contributed by atoms with E-state index < -0.39 is 5.41 Å². The van der Waals surface area contributed by atoms with Crippen molar-refractivity contribution in [3.8, 4) is 0 Å². The number of aryl methyl sites for hydroxylation is 1. The molecule has 0 radical (unpaired) electrons. The molecule has 0 saturated heterocycles. The molecule has 2 N–H and O–H groups in total. The molecule has 1 heterocycles. The van der Waals surface area contributed by atoms with Crippen LogP contribution in [0.15, 0.2) is 54.0 Å². The minimum Gasteiger partial charge on any atom is -0.392 e. The van der Waals surface area contributed by atoms with Gasteiger partial charge in [0, 0.05) is 5.92 Å². The molecule has 0 aliphatic rings. The number of carbonyl (C=O) groups excluding carboxylic acids is 1. The van der Waals surface area contributed by atoms with Crippen LogP contribution in [0, 0.1) is 12.3 Å². The fourth-order valence-electron chi connectivity index (χ4n) is 3.36. The minimum atomic E-state index is -0.736. The number of hydrogen-bond donors (Lipinski definition) is 2. The van der Waals surface area contributed by atoms with Gasteiger partial charge in [0.25, 0.3) is 0 Å². The van der Waals surface area contributed by atoms with Crippen LogP contribution < -0.4 is 5.32 Å². The molecule has 0 aliphatic heterocycles. The van der Waals surface area contributed by atoms with Crippen molar-refractivity contribution in [2.24, 2.45) is 5.41 Å². The SMILES string of the molecule is Cc1cc(C(c2ccccc2)C(C)(C)C(=O)Nc2nncs2)ccc1CO. The predicted octanol–water partition coefficient (Wildman–Crippen LogP) is 4.14. The summed E-state index contributed by atoms with van der Waals surface area (Å²) in [4.78, 5) is 13.1. The van der Waals surface area contributed by atoms with Gasteiger partial charge in [-0.2, -0.15) is 0 Å². The van der Waals surface area contributed by atoms with E-state index in [1.807, 2.05) is 63.2 Å². The van der Waals surface area contributed by atoms with Crippen molar-refractivity contribution in [2.75, 3.05) is 5.32 Å². The van der Waals surface area contributed by atoms with Crippen LogP contribution in [0.2, 0.25) is 0 Å². The zero-order valence-corrected chi connectivity index (χ0v) is 16.5. The largest absolute Gasteiger partial charge is 0.392 e. The van der Waals surface area contributed by atoms with Gasteiger partial charge in [-0.05, 0) is 29.2 Å². The molecule has 0 fully saturated rings. The Morgan fingerprint density at radius 2 is 1.93 bits per heavy atom. The first kappa shape index (κ1) is 19.2. The van der Waals surface area contributed by atoms with E-state index in [4.69, 9.17) is 0 Å². The maximum atomic E-state index is 13.1. The monoisotopic (exact) mass is 381 g/mol. The van der Waals surface area contributed by atoms with Crippen LogP contribution in [-0.2, 0) is 11.4 Å². The Bertz CT molecular complexity index is 908. The molecule has 2 aromatic carbocycles. The van der Waals surface area contributed by atoms with Crippen LogP contribution in [0.25, 0.3) is 0 Å². The highest BCUT2D eigenvalue weighted by Crippen LogP contribution is 2.42. The van der Waals surface area contributed by atoms with Gasteiger partial charge in [-0.25, -0.2) is 0 Å². The first-order chi connectivity index (χ1) is 12.9. The number of aliphatic hydroxyl groups excluding tert-OH is 1. The van der Waals surface area contributed by atoms with E-state index in [2.05, 4.69) is 21.6 Å². The van der Waals surface area contributed by atoms with E-state index >= 15 is 0 Å². The summed E-state index contributed by atoms with van der Waals surface area (Å²) in [5.74, 6) is -0.268. The number of carbonyl (C=O) groups is 1. The first-order valence-electron chi connectivity index (χ1n) is 8.76. The average molecular weight is 382 g/mol. The van der Waals surface area contributed by atoms with Crippen molar-refractivity contribution in [2.45, 2.75) is 33.3 Å². The molecule has 1 unspecified atom stereocenters. The zero-order valence-electron chi connectivity index (χ0n) is 15.6. The molecule has 6 heteroatoms. The van der Waals surface area contributed by atoms with Crippen molar-refractivity contribution < 1.29 is 9.90 Å². The molecule has 3 aromatic rings.